The summed E-state index contributed by atoms with van der Waals surface area (Å²) in [6.07, 6.45) is 6.44. The van der Waals surface area contributed by atoms with Gasteiger partial charge in [0, 0.05) is 12.6 Å². The monoisotopic (exact) mass is 240 g/mol. The van der Waals surface area contributed by atoms with Crippen LogP contribution in [0, 0.1) is 5.92 Å². The molecule has 2 rings (SSSR count). The first kappa shape index (κ1) is 13.3. The fourth-order valence-electron chi connectivity index (χ4n) is 2.88. The van der Waals surface area contributed by atoms with Gasteiger partial charge in [-0.15, -0.1) is 0 Å². The molecule has 0 aliphatic heterocycles. The van der Waals surface area contributed by atoms with Crippen LogP contribution in [0.15, 0.2) is 0 Å². The Labute approximate surface area is 106 Å². The van der Waals surface area contributed by atoms with Gasteiger partial charge < -0.3 is 10.4 Å². The van der Waals surface area contributed by atoms with E-state index < -0.39 is 0 Å². The van der Waals surface area contributed by atoms with Crippen LogP contribution < -0.4 is 5.32 Å². The molecule has 3 nitrogen and oxygen atoms in total. The van der Waals surface area contributed by atoms with E-state index in [1.165, 1.54) is 25.7 Å². The quantitative estimate of drug-likeness (QED) is 0.643. The highest BCUT2D eigenvalue weighted by Crippen LogP contribution is 2.41. The highest BCUT2D eigenvalue weighted by atomic mass is 16.3. The summed E-state index contributed by atoms with van der Waals surface area (Å²) < 4.78 is 0. The molecule has 0 spiro atoms. The molecule has 0 aromatic heterocycles. The van der Waals surface area contributed by atoms with Gasteiger partial charge in [-0.25, -0.2) is 0 Å². The van der Waals surface area contributed by atoms with E-state index in [-0.39, 0.29) is 5.54 Å². The smallest absolute Gasteiger partial charge is 0.0628 e. The van der Waals surface area contributed by atoms with E-state index in [0.29, 0.717) is 12.5 Å². The molecule has 1 unspecified atom stereocenters. The average Bonchev–Trinajstić information content (AvgIpc) is 3.19. The Morgan fingerprint density at radius 2 is 1.94 bits per heavy atom. The molecule has 100 valence electrons. The first-order valence-corrected chi connectivity index (χ1v) is 7.35. The van der Waals surface area contributed by atoms with Crippen molar-refractivity contribution in [2.24, 2.45) is 5.92 Å². The van der Waals surface area contributed by atoms with E-state index >= 15 is 0 Å². The predicted molar refractivity (Wildman–Crippen MR) is 71.1 cm³/mol. The van der Waals surface area contributed by atoms with E-state index in [4.69, 9.17) is 0 Å². The van der Waals surface area contributed by atoms with Crippen LogP contribution >= 0.6 is 0 Å². The highest BCUT2D eigenvalue weighted by molar-refractivity contribution is 5.04. The van der Waals surface area contributed by atoms with Gasteiger partial charge in [0.25, 0.3) is 0 Å². The second-order valence-electron chi connectivity index (χ2n) is 5.81. The molecular weight excluding hydrogens is 212 g/mol. The van der Waals surface area contributed by atoms with Crippen molar-refractivity contribution in [3.63, 3.8) is 0 Å². The van der Waals surface area contributed by atoms with Crippen molar-refractivity contribution < 1.29 is 5.11 Å². The zero-order valence-corrected chi connectivity index (χ0v) is 11.4. The third-order valence-electron chi connectivity index (χ3n) is 4.32. The normalized spacial score (nSPS) is 24.0. The van der Waals surface area contributed by atoms with E-state index in [1.54, 1.807) is 0 Å². The second kappa shape index (κ2) is 5.68. The van der Waals surface area contributed by atoms with Gasteiger partial charge in [0.2, 0.25) is 0 Å². The van der Waals surface area contributed by atoms with Crippen LogP contribution in [0.5, 0.6) is 0 Å². The lowest BCUT2D eigenvalue weighted by molar-refractivity contribution is 0.0894. The standard InChI is InChI=1S/C14H28N2O/c1-3-9-15-14(11-17,12-5-6-12)10-16(4-2)13-7-8-13/h12-13,15,17H,3-11H2,1-2H3. The summed E-state index contributed by atoms with van der Waals surface area (Å²) >= 11 is 0. The van der Waals surface area contributed by atoms with Gasteiger partial charge >= 0.3 is 0 Å². The lowest BCUT2D eigenvalue weighted by Crippen LogP contribution is -2.58. The van der Waals surface area contributed by atoms with Gasteiger partial charge in [0.05, 0.1) is 12.1 Å². The molecular formula is C14H28N2O. The first-order chi connectivity index (χ1) is 8.25. The topological polar surface area (TPSA) is 35.5 Å². The summed E-state index contributed by atoms with van der Waals surface area (Å²) in [5.74, 6) is 0.701. The number of nitrogens with one attached hydrogen (secondary N) is 1. The van der Waals surface area contributed by atoms with Gasteiger partial charge in [0.15, 0.2) is 0 Å². The molecule has 0 aromatic rings. The Balaban J connectivity index is 1.97. The molecule has 1 atom stereocenters. The van der Waals surface area contributed by atoms with Gasteiger partial charge in [-0.2, -0.15) is 0 Å². The van der Waals surface area contributed by atoms with Crippen molar-refractivity contribution in [2.75, 3.05) is 26.2 Å². The molecule has 2 saturated carbocycles. The summed E-state index contributed by atoms with van der Waals surface area (Å²) in [4.78, 5) is 2.57. The Morgan fingerprint density at radius 1 is 1.24 bits per heavy atom. The molecule has 0 heterocycles. The Hall–Kier alpha value is -0.120. The van der Waals surface area contributed by atoms with Crippen LogP contribution in [-0.4, -0.2) is 47.8 Å². The molecule has 0 radical (unpaired) electrons. The molecule has 0 bridgehead atoms. The maximum Gasteiger partial charge on any atom is 0.0628 e. The second-order valence-corrected chi connectivity index (χ2v) is 5.81. The summed E-state index contributed by atoms with van der Waals surface area (Å²) in [6.45, 7) is 7.91. The van der Waals surface area contributed by atoms with Gasteiger partial charge in [-0.05, 0) is 51.1 Å². The number of hydrogen-bond donors (Lipinski definition) is 2. The van der Waals surface area contributed by atoms with Crippen LogP contribution in [0.4, 0.5) is 0 Å². The number of hydrogen-bond acceptors (Lipinski definition) is 3. The van der Waals surface area contributed by atoms with Crippen LogP contribution in [0.1, 0.15) is 46.0 Å². The van der Waals surface area contributed by atoms with Gasteiger partial charge in [-0.3, -0.25) is 4.90 Å². The largest absolute Gasteiger partial charge is 0.394 e. The molecule has 0 saturated heterocycles. The van der Waals surface area contributed by atoms with E-state index in [9.17, 15) is 5.11 Å². The Bertz CT molecular complexity index is 238. The maximum absolute atomic E-state index is 9.87. The molecule has 2 fully saturated rings. The van der Waals surface area contributed by atoms with Crippen LogP contribution in [0.2, 0.25) is 0 Å². The van der Waals surface area contributed by atoms with Crippen molar-refractivity contribution in [1.82, 2.24) is 10.2 Å². The summed E-state index contributed by atoms with van der Waals surface area (Å²) in [5, 5.41) is 13.5. The molecule has 0 aromatic carbocycles. The fraction of sp³-hybridized carbons (Fsp3) is 1.00. The first-order valence-electron chi connectivity index (χ1n) is 7.35. The summed E-state index contributed by atoms with van der Waals surface area (Å²) in [6, 6.07) is 0.799. The number of likely N-dealkylation sites (N-methyl/N-ethyl adjacent to an activating group) is 1. The predicted octanol–water partition coefficient (Wildman–Crippen LogP) is 1.61. The van der Waals surface area contributed by atoms with E-state index in [1.807, 2.05) is 0 Å². The highest BCUT2D eigenvalue weighted by Gasteiger charge is 2.46. The van der Waals surface area contributed by atoms with Crippen LogP contribution in [-0.2, 0) is 0 Å². The number of aliphatic hydroxyl groups excluding tert-OH is 1. The SMILES string of the molecule is CCCNC(CO)(CN(CC)C1CC1)C1CC1. The third kappa shape index (κ3) is 3.21. The fourth-order valence-corrected chi connectivity index (χ4v) is 2.88. The Kier molecular flexibility index (Phi) is 4.45. The van der Waals surface area contributed by atoms with Crippen molar-refractivity contribution in [1.29, 1.82) is 0 Å². The summed E-state index contributed by atoms with van der Waals surface area (Å²) in [7, 11) is 0. The number of rotatable bonds is 9. The lowest BCUT2D eigenvalue weighted by Gasteiger charge is -2.38. The molecule has 2 N–H and O–H groups in total. The number of aliphatic hydroxyl groups is 1. The number of nitrogens with zero attached hydrogens (tertiary/aromatic N) is 1. The lowest BCUT2D eigenvalue weighted by atomic mass is 9.92. The van der Waals surface area contributed by atoms with Crippen molar-refractivity contribution in [3.05, 3.63) is 0 Å². The van der Waals surface area contributed by atoms with E-state index in [2.05, 4.69) is 24.1 Å². The minimum absolute atomic E-state index is 0.0192. The van der Waals surface area contributed by atoms with Gasteiger partial charge in [-0.1, -0.05) is 13.8 Å². The molecule has 2 aliphatic carbocycles. The molecule has 17 heavy (non-hydrogen) atoms. The van der Waals surface area contributed by atoms with Crippen molar-refractivity contribution in [3.8, 4) is 0 Å². The molecule has 0 amide bonds. The zero-order chi connectivity index (χ0) is 12.3. The average molecular weight is 240 g/mol. The Morgan fingerprint density at radius 3 is 2.35 bits per heavy atom. The van der Waals surface area contributed by atoms with Crippen LogP contribution in [0.3, 0.4) is 0 Å². The van der Waals surface area contributed by atoms with E-state index in [0.717, 1.165) is 32.1 Å². The third-order valence-corrected chi connectivity index (χ3v) is 4.32. The summed E-state index contributed by atoms with van der Waals surface area (Å²) in [5.41, 5.74) is -0.0192. The van der Waals surface area contributed by atoms with Crippen molar-refractivity contribution >= 4 is 0 Å². The van der Waals surface area contributed by atoms with Gasteiger partial charge in [0.1, 0.15) is 0 Å². The zero-order valence-electron chi connectivity index (χ0n) is 11.4. The molecule has 3 heteroatoms. The van der Waals surface area contributed by atoms with Crippen molar-refractivity contribution in [2.45, 2.75) is 57.5 Å². The van der Waals surface area contributed by atoms with Crippen LogP contribution in [0.25, 0.3) is 0 Å². The maximum atomic E-state index is 9.87. The minimum Gasteiger partial charge on any atom is -0.394 e. The minimum atomic E-state index is -0.0192. The molecule has 2 aliphatic rings.